The molecule has 3 amide bonds. The van der Waals surface area contributed by atoms with Crippen LogP contribution in [0.1, 0.15) is 114 Å². The van der Waals surface area contributed by atoms with Crippen molar-refractivity contribution in [3.05, 3.63) is 119 Å². The summed E-state index contributed by atoms with van der Waals surface area (Å²) >= 11 is 3.41. The summed E-state index contributed by atoms with van der Waals surface area (Å²) in [4.78, 5) is 42.7. The van der Waals surface area contributed by atoms with Crippen LogP contribution in [0.5, 0.6) is 0 Å². The number of nitrogens with zero attached hydrogens (tertiary/aromatic N) is 3. The molecule has 1 heterocycles. The number of carbonyl (C=O) groups is 3. The van der Waals surface area contributed by atoms with Crippen LogP contribution < -0.4 is 20.4 Å². The van der Waals surface area contributed by atoms with E-state index in [1.165, 1.54) is 75.3 Å². The van der Waals surface area contributed by atoms with Gasteiger partial charge in [-0.25, -0.2) is 0 Å². The van der Waals surface area contributed by atoms with Crippen LogP contribution in [0.15, 0.2) is 97.1 Å². The van der Waals surface area contributed by atoms with Gasteiger partial charge in [-0.15, -0.1) is 0 Å². The number of halogens is 1. The molecule has 1 unspecified atom stereocenters. The number of alkyl halides is 1. The normalized spacial score (nSPS) is 18.0. The highest BCUT2D eigenvalue weighted by Gasteiger charge is 2.30. The fourth-order valence-corrected chi connectivity index (χ4v) is 8.20. The number of rotatable bonds is 7. The van der Waals surface area contributed by atoms with Crippen molar-refractivity contribution in [2.75, 3.05) is 41.1 Å². The third-order valence-electron chi connectivity index (χ3n) is 11.0. The van der Waals surface area contributed by atoms with Gasteiger partial charge in [0.05, 0.1) is 4.83 Å². The van der Waals surface area contributed by atoms with E-state index in [0.29, 0.717) is 23.1 Å². The van der Waals surface area contributed by atoms with Crippen molar-refractivity contribution >= 4 is 56.4 Å². The van der Waals surface area contributed by atoms with Crippen LogP contribution in [-0.4, -0.2) is 43.2 Å². The number of amides is 3. The first-order valence-electron chi connectivity index (χ1n) is 18.9. The van der Waals surface area contributed by atoms with E-state index >= 15 is 0 Å². The molecule has 2 N–H and O–H groups in total. The molecule has 7 rings (SSSR count). The van der Waals surface area contributed by atoms with Crippen LogP contribution >= 0.6 is 15.9 Å². The van der Waals surface area contributed by atoms with E-state index in [1.807, 2.05) is 72.8 Å². The summed E-state index contributed by atoms with van der Waals surface area (Å²) < 4.78 is 0. The van der Waals surface area contributed by atoms with Gasteiger partial charge >= 0.3 is 0 Å². The zero-order valence-corrected chi connectivity index (χ0v) is 32.1. The second-order valence-electron chi connectivity index (χ2n) is 14.5. The summed E-state index contributed by atoms with van der Waals surface area (Å²) in [7, 11) is 3.59. The lowest BCUT2D eigenvalue weighted by Gasteiger charge is -2.23. The van der Waals surface area contributed by atoms with E-state index in [9.17, 15) is 14.4 Å². The van der Waals surface area contributed by atoms with Gasteiger partial charge in [0.1, 0.15) is 0 Å². The Labute approximate surface area is 317 Å². The van der Waals surface area contributed by atoms with E-state index in [-0.39, 0.29) is 22.5 Å². The van der Waals surface area contributed by atoms with Gasteiger partial charge in [-0.1, -0.05) is 78.7 Å². The molecule has 3 fully saturated rings. The first-order chi connectivity index (χ1) is 25.2. The molecule has 2 saturated carbocycles. The first kappa shape index (κ1) is 37.3. The SMILES string of the molecule is CN(C(=O)c1ccc(C2CCCCC2)cc1)c1ccc(N)cc1.CN(C(=O)c1ccc(C2CCCCC2)cc1)c1ccc(N2CCC(Br)C2=O)cc1. The highest BCUT2D eigenvalue weighted by atomic mass is 79.9. The second kappa shape index (κ2) is 17.4. The predicted octanol–water partition coefficient (Wildman–Crippen LogP) is 10.1. The maximum Gasteiger partial charge on any atom is 0.258 e. The molecular formula is C44H51BrN4O3. The molecule has 1 saturated heterocycles. The average Bonchev–Trinajstić information content (AvgIpc) is 3.55. The molecule has 0 aromatic heterocycles. The van der Waals surface area contributed by atoms with E-state index in [4.69, 9.17) is 5.73 Å². The molecule has 0 radical (unpaired) electrons. The molecule has 272 valence electrons. The van der Waals surface area contributed by atoms with Crippen LogP contribution in [0.3, 0.4) is 0 Å². The summed E-state index contributed by atoms with van der Waals surface area (Å²) in [6.45, 7) is 0.718. The quantitative estimate of drug-likeness (QED) is 0.150. The summed E-state index contributed by atoms with van der Waals surface area (Å²) in [5.74, 6) is 1.39. The molecule has 3 aliphatic rings. The van der Waals surface area contributed by atoms with Gasteiger partial charge in [0.2, 0.25) is 5.91 Å². The third-order valence-corrected chi connectivity index (χ3v) is 11.9. The maximum absolute atomic E-state index is 12.9. The van der Waals surface area contributed by atoms with Crippen LogP contribution in [0.2, 0.25) is 0 Å². The Balaban J connectivity index is 0.000000183. The summed E-state index contributed by atoms with van der Waals surface area (Å²) in [6.07, 6.45) is 13.9. The fourth-order valence-electron chi connectivity index (χ4n) is 7.75. The minimum absolute atomic E-state index is 0.00460. The number of benzene rings is 4. The zero-order chi connectivity index (χ0) is 36.6. The van der Waals surface area contributed by atoms with Crippen molar-refractivity contribution in [3.63, 3.8) is 0 Å². The number of carbonyl (C=O) groups excluding carboxylic acids is 3. The molecule has 1 atom stereocenters. The van der Waals surface area contributed by atoms with Gasteiger partial charge in [-0.05, 0) is 128 Å². The summed E-state index contributed by atoms with van der Waals surface area (Å²) in [5.41, 5.74) is 13.1. The third kappa shape index (κ3) is 8.95. The Bertz CT molecular complexity index is 1800. The zero-order valence-electron chi connectivity index (χ0n) is 30.5. The number of hydrogen-bond donors (Lipinski definition) is 1. The van der Waals surface area contributed by atoms with Crippen molar-refractivity contribution in [2.24, 2.45) is 0 Å². The summed E-state index contributed by atoms with van der Waals surface area (Å²) in [5, 5.41) is 0. The number of hydrogen-bond acceptors (Lipinski definition) is 4. The Kier molecular flexibility index (Phi) is 12.5. The molecule has 52 heavy (non-hydrogen) atoms. The summed E-state index contributed by atoms with van der Waals surface area (Å²) in [6, 6.07) is 31.3. The van der Waals surface area contributed by atoms with Gasteiger partial charge in [0.25, 0.3) is 11.8 Å². The van der Waals surface area contributed by atoms with Crippen LogP contribution in [0, 0.1) is 0 Å². The number of nitrogens with two attached hydrogens (primary N) is 1. The molecule has 1 aliphatic heterocycles. The van der Waals surface area contributed by atoms with E-state index < -0.39 is 0 Å². The molecular weight excluding hydrogens is 712 g/mol. The molecule has 7 nitrogen and oxygen atoms in total. The Morgan fingerprint density at radius 3 is 1.38 bits per heavy atom. The molecule has 2 aliphatic carbocycles. The Morgan fingerprint density at radius 2 is 1.00 bits per heavy atom. The Morgan fingerprint density at radius 1 is 0.596 bits per heavy atom. The van der Waals surface area contributed by atoms with Crippen molar-refractivity contribution in [2.45, 2.75) is 87.3 Å². The van der Waals surface area contributed by atoms with Crippen LogP contribution in [0.4, 0.5) is 22.7 Å². The smallest absolute Gasteiger partial charge is 0.258 e. The largest absolute Gasteiger partial charge is 0.399 e. The topological polar surface area (TPSA) is 86.9 Å². The Hall–Kier alpha value is -4.43. The number of nitrogen functional groups attached to an aromatic ring is 1. The lowest BCUT2D eigenvalue weighted by molar-refractivity contribution is -0.116. The predicted molar refractivity (Wildman–Crippen MR) is 217 cm³/mol. The minimum atomic E-state index is -0.0944. The molecule has 0 spiro atoms. The van der Waals surface area contributed by atoms with Crippen molar-refractivity contribution < 1.29 is 14.4 Å². The first-order valence-corrected chi connectivity index (χ1v) is 19.8. The van der Waals surface area contributed by atoms with Crippen molar-refractivity contribution in [1.29, 1.82) is 0 Å². The van der Waals surface area contributed by atoms with Gasteiger partial charge in [-0.2, -0.15) is 0 Å². The van der Waals surface area contributed by atoms with Crippen LogP contribution in [0.25, 0.3) is 0 Å². The highest BCUT2D eigenvalue weighted by molar-refractivity contribution is 9.10. The monoisotopic (exact) mass is 762 g/mol. The van der Waals surface area contributed by atoms with E-state index in [2.05, 4.69) is 40.2 Å². The fraction of sp³-hybridized carbons (Fsp3) is 0.386. The molecule has 0 bridgehead atoms. The second-order valence-corrected chi connectivity index (χ2v) is 15.6. The van der Waals surface area contributed by atoms with E-state index in [0.717, 1.165) is 35.6 Å². The minimum Gasteiger partial charge on any atom is -0.399 e. The lowest BCUT2D eigenvalue weighted by atomic mass is 9.84. The van der Waals surface area contributed by atoms with E-state index in [1.54, 1.807) is 28.8 Å². The standard InChI is InChI=1S/C24H27BrN2O2.C20H24N2O/c1-26(20-11-13-21(14-12-20)27-16-15-22(25)24(27)29)23(28)19-9-7-18(8-10-19)17-5-3-2-4-6-17;1-22(19-13-11-18(21)12-14-19)20(23)17-9-7-16(8-10-17)15-5-3-2-4-6-15/h7-14,17,22H,2-6,15-16H2,1H3;7-15H,2-6,21H2,1H3. The number of anilines is 4. The van der Waals surface area contributed by atoms with Gasteiger partial charge in [-0.3, -0.25) is 14.4 Å². The lowest BCUT2D eigenvalue weighted by Crippen LogP contribution is -2.28. The molecule has 8 heteroatoms. The maximum atomic E-state index is 12.9. The highest BCUT2D eigenvalue weighted by Crippen LogP contribution is 2.34. The van der Waals surface area contributed by atoms with Crippen molar-refractivity contribution in [1.82, 2.24) is 0 Å². The van der Waals surface area contributed by atoms with Gasteiger partial charge in [0, 0.05) is 54.5 Å². The van der Waals surface area contributed by atoms with Gasteiger partial charge < -0.3 is 20.4 Å². The molecule has 4 aromatic rings. The van der Waals surface area contributed by atoms with Crippen molar-refractivity contribution in [3.8, 4) is 0 Å². The molecule has 4 aromatic carbocycles. The average molecular weight is 764 g/mol. The van der Waals surface area contributed by atoms with Crippen LogP contribution in [-0.2, 0) is 4.79 Å². The van der Waals surface area contributed by atoms with Gasteiger partial charge in [0.15, 0.2) is 0 Å².